The van der Waals surface area contributed by atoms with Crippen LogP contribution in [0.1, 0.15) is 103 Å². The van der Waals surface area contributed by atoms with E-state index in [1.165, 1.54) is 27.3 Å². The number of piperidine rings is 1. The molecule has 18 nitrogen and oxygen atoms in total. The monoisotopic (exact) mass is 939 g/mol. The Morgan fingerprint density at radius 1 is 0.940 bits per heavy atom. The maximum absolute atomic E-state index is 15.1. The molecular formula is C47H58FN11O7S. The molecule has 20 heteroatoms. The van der Waals surface area contributed by atoms with Crippen molar-refractivity contribution in [2.75, 3.05) is 31.5 Å². The Hall–Kier alpha value is -6.28. The number of aryl methyl sites for hydroxylation is 1. The van der Waals surface area contributed by atoms with Crippen molar-refractivity contribution in [2.24, 2.45) is 13.0 Å². The standard InChI is InChI=1S/C47H58FN11O7S/c1-57-38(20-29-10-11-29)33(21-53-57)43-36(48)22-52-46(56-43)54-31-12-14-32(15-13-31)58(47(65)66-27-30-8-4-2-5-9-30)26-42(62)50-19-7-3-6-18-49-24-41(61)51-23-39-34-25-59(45(64)35(34)28-67-39)37-16-17-40(60)55-44(37)63/h2,4-5,8-9,21-22,28-29,31-32,37,49H,3,6-7,10-20,23-27H2,1H3,(H,50,62)(H,51,61)(H,52,54,56)(H,55,60,63). The second kappa shape index (κ2) is 22.0. The molecule has 4 aromatic rings. The van der Waals surface area contributed by atoms with Crippen molar-refractivity contribution in [3.63, 3.8) is 0 Å². The number of thiophene rings is 1. The summed E-state index contributed by atoms with van der Waals surface area (Å²) in [5.74, 6) is -1.08. The van der Waals surface area contributed by atoms with E-state index in [2.05, 4.69) is 41.7 Å². The van der Waals surface area contributed by atoms with E-state index in [0.717, 1.165) is 53.8 Å². The number of hydrogen-bond acceptors (Lipinski definition) is 13. The number of carbonyl (C=O) groups excluding carboxylic acids is 6. The van der Waals surface area contributed by atoms with Gasteiger partial charge in [-0.15, -0.1) is 11.3 Å². The van der Waals surface area contributed by atoms with E-state index in [4.69, 9.17) is 4.74 Å². The molecule has 2 aliphatic carbocycles. The number of unbranched alkanes of at least 4 members (excludes halogenated alkanes) is 2. The van der Waals surface area contributed by atoms with Crippen LogP contribution in [0.15, 0.2) is 48.1 Å². The quantitative estimate of drug-likeness (QED) is 0.0582. The van der Waals surface area contributed by atoms with Gasteiger partial charge in [-0.2, -0.15) is 5.10 Å². The number of fused-ring (bicyclic) bond motifs is 1. The lowest BCUT2D eigenvalue weighted by Gasteiger charge is -2.36. The molecule has 1 saturated heterocycles. The summed E-state index contributed by atoms with van der Waals surface area (Å²) >= 11 is 1.40. The number of nitrogens with zero attached hydrogens (tertiary/aromatic N) is 6. The number of hydrogen-bond donors (Lipinski definition) is 5. The van der Waals surface area contributed by atoms with Crippen molar-refractivity contribution >= 4 is 52.9 Å². The average molecular weight is 940 g/mol. The highest BCUT2D eigenvalue weighted by Crippen LogP contribution is 2.37. The van der Waals surface area contributed by atoms with Crippen LogP contribution in [0.4, 0.5) is 15.1 Å². The smallest absolute Gasteiger partial charge is 0.410 e. The van der Waals surface area contributed by atoms with Gasteiger partial charge in [0.1, 0.15) is 24.9 Å². The van der Waals surface area contributed by atoms with Crippen molar-refractivity contribution in [2.45, 2.75) is 115 Å². The van der Waals surface area contributed by atoms with Gasteiger partial charge in [0.05, 0.1) is 31.0 Å². The summed E-state index contributed by atoms with van der Waals surface area (Å²) in [6, 6.07) is 8.46. The third-order valence-electron chi connectivity index (χ3n) is 12.9. The van der Waals surface area contributed by atoms with Gasteiger partial charge in [0.15, 0.2) is 5.82 Å². The number of carbonyl (C=O) groups is 6. The van der Waals surface area contributed by atoms with Crippen LogP contribution in [0.2, 0.25) is 0 Å². The SMILES string of the molecule is Cn1ncc(-c2nc(NC3CCC(N(CC(=O)NCCCCCNCC(=O)NCc4scc5c4CN(C4CCC(=O)NC4=O)C5=O)C(=O)OCc4ccccc4)CC3)ncc2F)c1CC1CC1. The van der Waals surface area contributed by atoms with Gasteiger partial charge in [-0.25, -0.2) is 19.2 Å². The van der Waals surface area contributed by atoms with Crippen LogP contribution in [0.5, 0.6) is 0 Å². The van der Waals surface area contributed by atoms with E-state index in [0.29, 0.717) is 74.6 Å². The number of aromatic nitrogens is 4. The number of halogens is 1. The Labute approximate surface area is 392 Å². The Morgan fingerprint density at radius 3 is 2.51 bits per heavy atom. The van der Waals surface area contributed by atoms with E-state index in [-0.39, 0.29) is 80.6 Å². The molecule has 67 heavy (non-hydrogen) atoms. The molecule has 356 valence electrons. The molecule has 4 aliphatic rings. The predicted octanol–water partition coefficient (Wildman–Crippen LogP) is 4.35. The summed E-state index contributed by atoms with van der Waals surface area (Å²) in [6.45, 7) is 1.62. The van der Waals surface area contributed by atoms with Crippen LogP contribution >= 0.6 is 11.3 Å². The number of imide groups is 1. The topological polar surface area (TPSA) is 222 Å². The second-order valence-corrected chi connectivity index (χ2v) is 18.8. The zero-order chi connectivity index (χ0) is 46.9. The molecule has 3 fully saturated rings. The van der Waals surface area contributed by atoms with Crippen molar-refractivity contribution < 1.29 is 37.9 Å². The van der Waals surface area contributed by atoms with Crippen LogP contribution in [0.25, 0.3) is 11.3 Å². The maximum Gasteiger partial charge on any atom is 0.410 e. The lowest BCUT2D eigenvalue weighted by Crippen LogP contribution is -2.52. The van der Waals surface area contributed by atoms with Crippen molar-refractivity contribution in [3.05, 3.63) is 81.2 Å². The van der Waals surface area contributed by atoms with Gasteiger partial charge in [0.2, 0.25) is 29.6 Å². The van der Waals surface area contributed by atoms with Crippen LogP contribution in [0.3, 0.4) is 0 Å². The van der Waals surface area contributed by atoms with Crippen LogP contribution < -0.4 is 26.6 Å². The molecule has 0 spiro atoms. The highest BCUT2D eigenvalue weighted by molar-refractivity contribution is 7.10. The minimum atomic E-state index is -0.686. The number of amides is 6. The fourth-order valence-electron chi connectivity index (χ4n) is 8.97. The van der Waals surface area contributed by atoms with E-state index < -0.39 is 23.9 Å². The molecular weight excluding hydrogens is 882 g/mol. The molecule has 0 bridgehead atoms. The molecule has 8 rings (SSSR count). The Morgan fingerprint density at radius 2 is 1.73 bits per heavy atom. The third-order valence-corrected chi connectivity index (χ3v) is 14.0. The Bertz CT molecular complexity index is 2440. The number of nitrogens with one attached hydrogen (secondary N) is 5. The lowest BCUT2D eigenvalue weighted by atomic mass is 9.90. The van der Waals surface area contributed by atoms with Crippen molar-refractivity contribution in [1.82, 2.24) is 50.8 Å². The molecule has 5 N–H and O–H groups in total. The summed E-state index contributed by atoms with van der Waals surface area (Å²) in [5, 5.41) is 20.8. The number of rotatable bonds is 21. The van der Waals surface area contributed by atoms with Crippen LogP contribution in [0, 0.1) is 11.7 Å². The molecule has 6 amide bonds. The van der Waals surface area contributed by atoms with Gasteiger partial charge in [-0.1, -0.05) is 36.8 Å². The van der Waals surface area contributed by atoms with Crippen LogP contribution in [-0.4, -0.2) is 109 Å². The first-order valence-electron chi connectivity index (χ1n) is 23.3. The fourth-order valence-corrected chi connectivity index (χ4v) is 9.94. The molecule has 5 heterocycles. The van der Waals surface area contributed by atoms with Gasteiger partial charge < -0.3 is 30.9 Å². The summed E-state index contributed by atoms with van der Waals surface area (Å²) in [4.78, 5) is 89.1. The van der Waals surface area contributed by atoms with Crippen molar-refractivity contribution in [1.29, 1.82) is 0 Å². The highest BCUT2D eigenvalue weighted by atomic mass is 32.1. The first-order valence-corrected chi connectivity index (χ1v) is 24.1. The van der Waals surface area contributed by atoms with Gasteiger partial charge >= 0.3 is 6.09 Å². The zero-order valence-electron chi connectivity index (χ0n) is 37.7. The molecule has 2 aliphatic heterocycles. The first-order chi connectivity index (χ1) is 32.5. The summed E-state index contributed by atoms with van der Waals surface area (Å²) in [7, 11) is 1.87. The first kappa shape index (κ1) is 47.2. The number of benzene rings is 1. The second-order valence-electron chi connectivity index (χ2n) is 17.8. The largest absolute Gasteiger partial charge is 0.445 e. The summed E-state index contributed by atoms with van der Waals surface area (Å²) < 4.78 is 22.6. The van der Waals surface area contributed by atoms with Gasteiger partial charge in [-0.05, 0) is 87.8 Å². The molecule has 1 aromatic carbocycles. The Kier molecular flexibility index (Phi) is 15.5. The Balaban J connectivity index is 0.744. The predicted molar refractivity (Wildman–Crippen MR) is 246 cm³/mol. The summed E-state index contributed by atoms with van der Waals surface area (Å²) in [5.41, 5.74) is 4.05. The summed E-state index contributed by atoms with van der Waals surface area (Å²) in [6.07, 6.45) is 10.8. The van der Waals surface area contributed by atoms with Gasteiger partial charge in [0, 0.05) is 60.2 Å². The zero-order valence-corrected chi connectivity index (χ0v) is 38.5. The van der Waals surface area contributed by atoms with Crippen LogP contribution in [-0.2, 0) is 57.1 Å². The normalized spacial score (nSPS) is 19.2. The van der Waals surface area contributed by atoms with Crippen molar-refractivity contribution in [3.8, 4) is 11.3 Å². The fraction of sp³-hybridized carbons (Fsp3) is 0.511. The van der Waals surface area contributed by atoms with E-state index in [1.807, 2.05) is 37.4 Å². The van der Waals surface area contributed by atoms with E-state index >= 15 is 4.39 Å². The third kappa shape index (κ3) is 12.2. The van der Waals surface area contributed by atoms with Gasteiger partial charge in [-0.3, -0.25) is 38.9 Å². The minimum Gasteiger partial charge on any atom is -0.445 e. The molecule has 1 unspecified atom stereocenters. The maximum atomic E-state index is 15.1. The van der Waals surface area contributed by atoms with E-state index in [9.17, 15) is 28.8 Å². The molecule has 2 saturated carbocycles. The number of anilines is 1. The van der Waals surface area contributed by atoms with Gasteiger partial charge in [0.25, 0.3) is 5.91 Å². The highest BCUT2D eigenvalue weighted by Gasteiger charge is 2.41. The minimum absolute atomic E-state index is 0.0175. The lowest BCUT2D eigenvalue weighted by molar-refractivity contribution is -0.137. The number of ether oxygens (including phenoxy) is 1. The van der Waals surface area contributed by atoms with E-state index in [1.54, 1.807) is 16.3 Å². The average Bonchev–Trinajstić information content (AvgIpc) is 3.83. The molecule has 1 atom stereocenters. The molecule has 3 aromatic heterocycles. The molecule has 0 radical (unpaired) electrons.